The molecule has 5 rings (SSSR count). The van der Waals surface area contributed by atoms with Crippen LogP contribution in [-0.2, 0) is 0 Å². The monoisotopic (exact) mass is 446 g/mol. The molecule has 0 nitrogen and oxygen atoms in total. The third kappa shape index (κ3) is 6.35. The van der Waals surface area contributed by atoms with Crippen molar-refractivity contribution in [2.75, 3.05) is 0 Å². The summed E-state index contributed by atoms with van der Waals surface area (Å²) < 4.78 is 0. The average molecular weight is 447 g/mol. The van der Waals surface area contributed by atoms with Gasteiger partial charge in [0.1, 0.15) is 0 Å². The maximum absolute atomic E-state index is 2.30. The Balaban J connectivity index is 0.000000178. The molecule has 0 amide bonds. The second-order valence-electron chi connectivity index (χ2n) is 8.68. The summed E-state index contributed by atoms with van der Waals surface area (Å²) in [4.78, 5) is 0. The van der Waals surface area contributed by atoms with E-state index in [9.17, 15) is 0 Å². The summed E-state index contributed by atoms with van der Waals surface area (Å²) in [6, 6.07) is 17.2. The molecule has 0 saturated heterocycles. The molecule has 2 aromatic rings. The van der Waals surface area contributed by atoms with Gasteiger partial charge >= 0.3 is 0 Å². The third-order valence-corrected chi connectivity index (χ3v) is 6.31. The third-order valence-electron chi connectivity index (χ3n) is 6.31. The Labute approximate surface area is 205 Å². The van der Waals surface area contributed by atoms with Gasteiger partial charge in [-0.05, 0) is 75.8 Å². The summed E-state index contributed by atoms with van der Waals surface area (Å²) in [5, 5.41) is 5.41. The smallest absolute Gasteiger partial charge is 0.00227 e. The fraction of sp³-hybridized carbons (Fsp3) is 0.235. The van der Waals surface area contributed by atoms with Crippen LogP contribution >= 0.6 is 0 Å². The van der Waals surface area contributed by atoms with Crippen molar-refractivity contribution in [1.82, 2.24) is 0 Å². The van der Waals surface area contributed by atoms with E-state index in [0.717, 1.165) is 12.8 Å². The van der Waals surface area contributed by atoms with E-state index in [-0.39, 0.29) is 0 Å². The molecule has 1 atom stereocenters. The zero-order valence-electron chi connectivity index (χ0n) is 21.4. The number of fused-ring (bicyclic) bond motifs is 3. The average Bonchev–Trinajstić information content (AvgIpc) is 3.30. The van der Waals surface area contributed by atoms with Crippen LogP contribution in [-0.4, -0.2) is 0 Å². The van der Waals surface area contributed by atoms with Crippen LogP contribution in [0, 0.1) is 5.92 Å². The number of benzene rings is 2. The molecule has 0 heterocycles. The van der Waals surface area contributed by atoms with Crippen molar-refractivity contribution in [1.29, 1.82) is 0 Å². The molecule has 0 radical (unpaired) electrons. The molecule has 1 unspecified atom stereocenters. The van der Waals surface area contributed by atoms with Gasteiger partial charge in [-0.2, -0.15) is 0 Å². The van der Waals surface area contributed by atoms with Crippen molar-refractivity contribution in [3.05, 3.63) is 129 Å². The van der Waals surface area contributed by atoms with E-state index in [1.54, 1.807) is 0 Å². The Kier molecular flexibility index (Phi) is 9.47. The van der Waals surface area contributed by atoms with Gasteiger partial charge in [0.2, 0.25) is 0 Å². The van der Waals surface area contributed by atoms with Crippen molar-refractivity contribution in [3.63, 3.8) is 0 Å². The molecule has 3 aliphatic rings. The molecule has 3 aliphatic carbocycles. The van der Waals surface area contributed by atoms with Crippen LogP contribution in [0.5, 0.6) is 0 Å². The van der Waals surface area contributed by atoms with Crippen LogP contribution in [0.3, 0.4) is 0 Å². The van der Waals surface area contributed by atoms with Crippen molar-refractivity contribution in [2.24, 2.45) is 5.92 Å². The normalized spacial score (nSPS) is 20.1. The van der Waals surface area contributed by atoms with Crippen LogP contribution in [0.1, 0.15) is 47.5 Å². The van der Waals surface area contributed by atoms with Gasteiger partial charge in [0.05, 0.1) is 0 Å². The minimum absolute atomic E-state index is 0.620. The molecule has 0 spiro atoms. The molecule has 2 aromatic carbocycles. The molecule has 0 aliphatic heterocycles. The predicted octanol–water partition coefficient (Wildman–Crippen LogP) is 6.28. The highest BCUT2D eigenvalue weighted by molar-refractivity contribution is 5.70. The van der Waals surface area contributed by atoms with Crippen LogP contribution in [0.25, 0.3) is 23.3 Å². The van der Waals surface area contributed by atoms with Gasteiger partial charge in [-0.1, -0.05) is 130 Å². The summed E-state index contributed by atoms with van der Waals surface area (Å²) >= 11 is 0. The van der Waals surface area contributed by atoms with Gasteiger partial charge in [-0.3, -0.25) is 0 Å². The van der Waals surface area contributed by atoms with Gasteiger partial charge in [-0.15, -0.1) is 0 Å². The van der Waals surface area contributed by atoms with E-state index in [4.69, 9.17) is 0 Å². The Morgan fingerprint density at radius 3 is 2.32 bits per heavy atom. The lowest BCUT2D eigenvalue weighted by molar-refractivity contribution is 0.758. The van der Waals surface area contributed by atoms with E-state index in [1.165, 1.54) is 43.2 Å². The minimum Gasteiger partial charge on any atom is -0.0814 e. The summed E-state index contributed by atoms with van der Waals surface area (Å²) in [5.41, 5.74) is 5.67. The fourth-order valence-electron chi connectivity index (χ4n) is 4.53. The van der Waals surface area contributed by atoms with Crippen molar-refractivity contribution in [3.8, 4) is 0 Å². The largest absolute Gasteiger partial charge is 0.0814 e. The fourth-order valence-corrected chi connectivity index (χ4v) is 4.53. The minimum atomic E-state index is 0.620. The Hall–Kier alpha value is -3.38. The maximum Gasteiger partial charge on any atom is -0.00227 e. The van der Waals surface area contributed by atoms with Crippen LogP contribution in [0.15, 0.2) is 108 Å². The van der Waals surface area contributed by atoms with E-state index in [0.29, 0.717) is 5.92 Å². The van der Waals surface area contributed by atoms with Gasteiger partial charge in [0.15, 0.2) is 0 Å². The first-order valence-corrected chi connectivity index (χ1v) is 12.6. The van der Waals surface area contributed by atoms with E-state index in [2.05, 4.69) is 130 Å². The topological polar surface area (TPSA) is 0 Å². The first-order valence-electron chi connectivity index (χ1n) is 12.6. The number of rotatable bonds is 0. The lowest BCUT2D eigenvalue weighted by Gasteiger charge is -2.05. The standard InChI is InChI=1S/C16H14.C16H18.C2H6/c1-12-14-7-3-2-6-13(10-14)11-15-8-4-5-9-16(12)15;1-3-14-9-6-7-11-16(14)15-10-5-4-8-13(2)12-15;1-2/h2-9,11H,10H2,1H3;3-11,13H,12H2,1-2H3;1-2H3/b;14-3-,16-15-;. The Bertz CT molecular complexity index is 1380. The van der Waals surface area contributed by atoms with Crippen molar-refractivity contribution >= 4 is 23.3 Å². The lowest BCUT2D eigenvalue weighted by atomic mass is 9.99. The summed E-state index contributed by atoms with van der Waals surface area (Å²) in [5.74, 6) is 0.620. The van der Waals surface area contributed by atoms with Crippen LogP contribution in [0.2, 0.25) is 0 Å². The van der Waals surface area contributed by atoms with E-state index in [1.807, 2.05) is 13.8 Å². The second kappa shape index (κ2) is 12.8. The highest BCUT2D eigenvalue weighted by Crippen LogP contribution is 2.23. The van der Waals surface area contributed by atoms with E-state index < -0.39 is 0 Å². The van der Waals surface area contributed by atoms with E-state index >= 15 is 0 Å². The molecule has 0 saturated carbocycles. The summed E-state index contributed by atoms with van der Waals surface area (Å²) in [7, 11) is 0. The first-order chi connectivity index (χ1) is 16.7. The van der Waals surface area contributed by atoms with Crippen LogP contribution < -0.4 is 20.9 Å². The predicted molar refractivity (Wildman–Crippen MR) is 152 cm³/mol. The molecule has 0 aromatic heterocycles. The lowest BCUT2D eigenvalue weighted by Crippen LogP contribution is -2.26. The van der Waals surface area contributed by atoms with Gasteiger partial charge in [-0.25, -0.2) is 0 Å². The SMILES string of the molecule is C/C=c1/cccc/c1=C1\C=CC=CC(C)C1.CC.CC1=c2ccccc2=CC2=CC=CC=C1C2. The number of hydrogen-bond donors (Lipinski definition) is 0. The molecule has 0 fully saturated rings. The molecular formula is C34H38. The number of allylic oxidation sites excluding steroid dienone is 10. The maximum atomic E-state index is 2.30. The van der Waals surface area contributed by atoms with Crippen molar-refractivity contribution < 1.29 is 0 Å². The quantitative estimate of drug-likeness (QED) is 0.447. The van der Waals surface area contributed by atoms with Gasteiger partial charge < -0.3 is 0 Å². The first kappa shape index (κ1) is 25.2. The Morgan fingerprint density at radius 1 is 0.824 bits per heavy atom. The molecule has 34 heavy (non-hydrogen) atoms. The number of hydrogen-bond acceptors (Lipinski definition) is 0. The zero-order chi connectivity index (χ0) is 24.3. The molecule has 174 valence electrons. The Morgan fingerprint density at radius 2 is 1.53 bits per heavy atom. The summed E-state index contributed by atoms with van der Waals surface area (Å²) in [6.07, 6.45) is 24.1. The van der Waals surface area contributed by atoms with Crippen molar-refractivity contribution in [2.45, 2.75) is 47.5 Å². The van der Waals surface area contributed by atoms with Gasteiger partial charge in [0.25, 0.3) is 0 Å². The summed E-state index contributed by atoms with van der Waals surface area (Å²) in [6.45, 7) is 10.6. The van der Waals surface area contributed by atoms with Gasteiger partial charge in [0, 0.05) is 0 Å². The van der Waals surface area contributed by atoms with Crippen LogP contribution in [0.4, 0.5) is 0 Å². The molecular weight excluding hydrogens is 408 g/mol. The highest BCUT2D eigenvalue weighted by atomic mass is 14.1. The molecule has 0 N–H and O–H groups in total. The second-order valence-corrected chi connectivity index (χ2v) is 8.68. The molecule has 2 bridgehead atoms. The molecule has 0 heteroatoms. The highest BCUT2D eigenvalue weighted by Gasteiger charge is 2.09. The zero-order valence-corrected chi connectivity index (χ0v) is 21.4.